The van der Waals surface area contributed by atoms with E-state index in [2.05, 4.69) is 4.72 Å². The van der Waals surface area contributed by atoms with E-state index in [1.54, 1.807) is 55.5 Å². The number of carbonyl (C=O) groups is 2. The van der Waals surface area contributed by atoms with Crippen LogP contribution in [0.15, 0.2) is 77.7 Å². The Morgan fingerprint density at radius 1 is 0.862 bits per heavy atom. The Morgan fingerprint density at radius 2 is 1.52 bits per heavy atom. The molecule has 3 aromatic rings. The van der Waals surface area contributed by atoms with Gasteiger partial charge < -0.3 is 4.74 Å². The van der Waals surface area contributed by atoms with Crippen molar-refractivity contribution in [3.8, 4) is 0 Å². The molecule has 1 N–H and O–H groups in total. The second-order valence-corrected chi connectivity index (χ2v) is 8.00. The molecule has 0 aliphatic carbocycles. The number of esters is 1. The zero-order valence-corrected chi connectivity index (χ0v) is 16.7. The molecule has 3 rings (SSSR count). The predicted molar refractivity (Wildman–Crippen MR) is 110 cm³/mol. The molecule has 0 radical (unpaired) electrons. The number of ether oxygens (including phenoxy) is 1. The third-order valence-electron chi connectivity index (χ3n) is 4.38. The number of ketones is 1. The van der Waals surface area contributed by atoms with Crippen molar-refractivity contribution >= 4 is 27.5 Å². The van der Waals surface area contributed by atoms with Crippen LogP contribution in [0.4, 0.5) is 5.69 Å². The monoisotopic (exact) mass is 409 g/mol. The fraction of sp³-hybridized carbons (Fsp3) is 0.0909. The van der Waals surface area contributed by atoms with Crippen molar-refractivity contribution < 1.29 is 22.7 Å². The van der Waals surface area contributed by atoms with E-state index in [1.165, 1.54) is 31.4 Å². The van der Waals surface area contributed by atoms with Gasteiger partial charge in [-0.05, 0) is 36.8 Å². The highest BCUT2D eigenvalue weighted by atomic mass is 32.2. The molecule has 0 aromatic heterocycles. The highest BCUT2D eigenvalue weighted by molar-refractivity contribution is 7.92. The molecule has 0 amide bonds. The number of hydrogen-bond donors (Lipinski definition) is 1. The third kappa shape index (κ3) is 4.35. The molecular weight excluding hydrogens is 390 g/mol. The number of nitrogens with one attached hydrogen (secondary N) is 1. The molecule has 0 aliphatic rings. The lowest BCUT2D eigenvalue weighted by atomic mass is 10.0. The first kappa shape index (κ1) is 20.3. The maximum Gasteiger partial charge on any atom is 0.338 e. The summed E-state index contributed by atoms with van der Waals surface area (Å²) < 4.78 is 33.0. The number of rotatable bonds is 6. The van der Waals surface area contributed by atoms with E-state index in [4.69, 9.17) is 4.74 Å². The number of methoxy groups -OCH3 is 1. The van der Waals surface area contributed by atoms with Gasteiger partial charge in [-0.25, -0.2) is 13.2 Å². The molecule has 0 atom stereocenters. The second kappa shape index (κ2) is 8.28. The number of hydrogen-bond acceptors (Lipinski definition) is 5. The van der Waals surface area contributed by atoms with Crippen molar-refractivity contribution in [2.75, 3.05) is 11.8 Å². The van der Waals surface area contributed by atoms with Crippen molar-refractivity contribution in [3.63, 3.8) is 0 Å². The number of aryl methyl sites for hydroxylation is 1. The van der Waals surface area contributed by atoms with E-state index in [0.717, 1.165) is 0 Å². The summed E-state index contributed by atoms with van der Waals surface area (Å²) >= 11 is 0. The molecule has 0 fully saturated rings. The average molecular weight is 409 g/mol. The summed E-state index contributed by atoms with van der Waals surface area (Å²) in [5.41, 5.74) is 1.58. The van der Waals surface area contributed by atoms with Crippen LogP contribution in [-0.2, 0) is 14.8 Å². The first-order valence-electron chi connectivity index (χ1n) is 8.74. The minimum atomic E-state index is -4.04. The zero-order valence-electron chi connectivity index (χ0n) is 15.9. The Labute approximate surface area is 169 Å². The summed E-state index contributed by atoms with van der Waals surface area (Å²) in [6, 6.07) is 19.1. The fourth-order valence-corrected chi connectivity index (χ4v) is 3.92. The third-order valence-corrected chi connectivity index (χ3v) is 5.74. The topological polar surface area (TPSA) is 89.5 Å². The zero-order chi connectivity index (χ0) is 21.0. The van der Waals surface area contributed by atoms with Gasteiger partial charge in [0.15, 0.2) is 5.78 Å². The molecule has 6 nitrogen and oxygen atoms in total. The number of benzene rings is 3. The van der Waals surface area contributed by atoms with Crippen molar-refractivity contribution in [1.29, 1.82) is 0 Å². The van der Waals surface area contributed by atoms with Crippen molar-refractivity contribution in [2.45, 2.75) is 11.8 Å². The van der Waals surface area contributed by atoms with E-state index in [9.17, 15) is 18.0 Å². The van der Waals surface area contributed by atoms with Gasteiger partial charge in [-0.1, -0.05) is 48.5 Å². The minimum Gasteiger partial charge on any atom is -0.465 e. The van der Waals surface area contributed by atoms with E-state index in [1.807, 2.05) is 0 Å². The van der Waals surface area contributed by atoms with Crippen LogP contribution < -0.4 is 4.72 Å². The van der Waals surface area contributed by atoms with Gasteiger partial charge >= 0.3 is 5.97 Å². The van der Waals surface area contributed by atoms with E-state index in [-0.39, 0.29) is 27.5 Å². The Hall–Kier alpha value is -3.45. The number of carbonyl (C=O) groups excluding carboxylic acids is 2. The van der Waals surface area contributed by atoms with E-state index in [0.29, 0.717) is 11.1 Å². The standard InChI is InChI=1S/C22H19NO5S/c1-15-12-13-17(14-19(15)22(25)28-2)29(26,27)23-20-11-7-6-10-18(20)21(24)16-8-4-3-5-9-16/h3-14,23H,1-2H3. The SMILES string of the molecule is COC(=O)c1cc(S(=O)(=O)Nc2ccccc2C(=O)c2ccccc2)ccc1C. The van der Waals surface area contributed by atoms with Crippen LogP contribution >= 0.6 is 0 Å². The molecule has 0 aliphatic heterocycles. The molecule has 0 heterocycles. The van der Waals surface area contributed by atoms with Gasteiger partial charge in [-0.2, -0.15) is 0 Å². The molecular formula is C22H19NO5S. The predicted octanol–water partition coefficient (Wildman–Crippen LogP) is 3.81. The summed E-state index contributed by atoms with van der Waals surface area (Å²) in [6.07, 6.45) is 0. The summed E-state index contributed by atoms with van der Waals surface area (Å²) in [5, 5.41) is 0. The minimum absolute atomic E-state index is 0.106. The van der Waals surface area contributed by atoms with Crippen LogP contribution in [0.5, 0.6) is 0 Å². The number of sulfonamides is 1. The summed E-state index contributed by atoms with van der Waals surface area (Å²) in [4.78, 5) is 24.6. The van der Waals surface area contributed by atoms with Gasteiger partial charge in [-0.15, -0.1) is 0 Å². The van der Waals surface area contributed by atoms with Crippen molar-refractivity contribution in [1.82, 2.24) is 0 Å². The normalized spacial score (nSPS) is 11.0. The highest BCUT2D eigenvalue weighted by Crippen LogP contribution is 2.24. The van der Waals surface area contributed by atoms with Gasteiger partial charge in [0.1, 0.15) is 0 Å². The fourth-order valence-electron chi connectivity index (χ4n) is 2.82. The second-order valence-electron chi connectivity index (χ2n) is 6.31. The lowest BCUT2D eigenvalue weighted by Gasteiger charge is -2.13. The molecule has 3 aromatic carbocycles. The summed E-state index contributed by atoms with van der Waals surface area (Å²) in [5.74, 6) is -0.928. The lowest BCUT2D eigenvalue weighted by Crippen LogP contribution is -2.17. The Balaban J connectivity index is 1.99. The Bertz CT molecular complexity index is 1170. The quantitative estimate of drug-likeness (QED) is 0.494. The number of anilines is 1. The highest BCUT2D eigenvalue weighted by Gasteiger charge is 2.21. The van der Waals surface area contributed by atoms with Gasteiger partial charge in [0.25, 0.3) is 10.0 Å². The summed E-state index contributed by atoms with van der Waals surface area (Å²) in [6.45, 7) is 1.68. The van der Waals surface area contributed by atoms with Crippen LogP contribution in [0.25, 0.3) is 0 Å². The number of para-hydroxylation sites is 1. The molecule has 0 unspecified atom stereocenters. The summed E-state index contributed by atoms with van der Waals surface area (Å²) in [7, 11) is -2.81. The Morgan fingerprint density at radius 3 is 2.21 bits per heavy atom. The van der Waals surface area contributed by atoms with Gasteiger partial charge in [0, 0.05) is 11.1 Å². The van der Waals surface area contributed by atoms with Gasteiger partial charge in [0.2, 0.25) is 0 Å². The first-order valence-corrected chi connectivity index (χ1v) is 10.2. The Kier molecular flexibility index (Phi) is 5.79. The van der Waals surface area contributed by atoms with Crippen LogP contribution in [0, 0.1) is 6.92 Å². The molecule has 148 valence electrons. The van der Waals surface area contributed by atoms with Crippen molar-refractivity contribution in [2.24, 2.45) is 0 Å². The van der Waals surface area contributed by atoms with Gasteiger partial charge in [0.05, 0.1) is 23.3 Å². The largest absolute Gasteiger partial charge is 0.465 e. The van der Waals surface area contributed by atoms with Gasteiger partial charge in [-0.3, -0.25) is 9.52 Å². The maximum absolute atomic E-state index is 12.9. The molecule has 7 heteroatoms. The molecule has 29 heavy (non-hydrogen) atoms. The van der Waals surface area contributed by atoms with Crippen LogP contribution in [-0.4, -0.2) is 27.3 Å². The smallest absolute Gasteiger partial charge is 0.338 e. The average Bonchev–Trinajstić information content (AvgIpc) is 2.73. The first-order chi connectivity index (χ1) is 13.8. The van der Waals surface area contributed by atoms with Crippen LogP contribution in [0.2, 0.25) is 0 Å². The van der Waals surface area contributed by atoms with Crippen molar-refractivity contribution in [3.05, 3.63) is 95.1 Å². The lowest BCUT2D eigenvalue weighted by molar-refractivity contribution is 0.0599. The maximum atomic E-state index is 12.9. The molecule has 0 saturated carbocycles. The molecule has 0 bridgehead atoms. The van der Waals surface area contributed by atoms with E-state index >= 15 is 0 Å². The molecule has 0 spiro atoms. The van der Waals surface area contributed by atoms with Crippen LogP contribution in [0.1, 0.15) is 31.8 Å². The van der Waals surface area contributed by atoms with Crippen LogP contribution in [0.3, 0.4) is 0 Å². The molecule has 0 saturated heterocycles. The van der Waals surface area contributed by atoms with E-state index < -0.39 is 16.0 Å².